The summed E-state index contributed by atoms with van der Waals surface area (Å²) in [5, 5.41) is 19.8. The van der Waals surface area contributed by atoms with E-state index in [0.29, 0.717) is 13.1 Å². The first-order valence-electron chi connectivity index (χ1n) is 7.29. The van der Waals surface area contributed by atoms with Crippen LogP contribution in [0.5, 0.6) is 0 Å². The van der Waals surface area contributed by atoms with Crippen LogP contribution in [0.15, 0.2) is 12.4 Å². The summed E-state index contributed by atoms with van der Waals surface area (Å²) < 4.78 is 1.78. The second-order valence-electron chi connectivity index (χ2n) is 5.67. The van der Waals surface area contributed by atoms with Crippen LogP contribution < -0.4 is 10.6 Å². The average Bonchev–Trinajstić information content (AvgIpc) is 3.02. The molecular formula is C14H24N4O2. The highest BCUT2D eigenvalue weighted by atomic mass is 16.3. The molecular weight excluding hydrogens is 256 g/mol. The molecule has 20 heavy (non-hydrogen) atoms. The van der Waals surface area contributed by atoms with Gasteiger partial charge in [0.15, 0.2) is 0 Å². The van der Waals surface area contributed by atoms with Crippen LogP contribution in [0.25, 0.3) is 0 Å². The molecule has 1 saturated carbocycles. The third-order valence-corrected chi connectivity index (χ3v) is 3.80. The second-order valence-corrected chi connectivity index (χ2v) is 5.67. The normalized spacial score (nSPS) is 17.1. The van der Waals surface area contributed by atoms with E-state index in [2.05, 4.69) is 15.7 Å². The molecule has 1 aromatic heterocycles. The Kier molecular flexibility index (Phi) is 5.00. The number of urea groups is 1. The number of aromatic nitrogens is 2. The average molecular weight is 280 g/mol. The van der Waals surface area contributed by atoms with Gasteiger partial charge in [0.2, 0.25) is 0 Å². The molecule has 0 bridgehead atoms. The SMILES string of the molecule is Cn1cc(CCCNC(=O)NCC2(O)CCCC2)cn1. The Balaban J connectivity index is 1.56. The highest BCUT2D eigenvalue weighted by molar-refractivity contribution is 5.73. The van der Waals surface area contributed by atoms with Crippen molar-refractivity contribution in [3.8, 4) is 0 Å². The van der Waals surface area contributed by atoms with Gasteiger partial charge in [-0.3, -0.25) is 4.68 Å². The molecule has 3 N–H and O–H groups in total. The van der Waals surface area contributed by atoms with E-state index in [0.717, 1.165) is 38.5 Å². The molecule has 2 amide bonds. The summed E-state index contributed by atoms with van der Waals surface area (Å²) in [4.78, 5) is 11.6. The zero-order valence-electron chi connectivity index (χ0n) is 12.1. The summed E-state index contributed by atoms with van der Waals surface area (Å²) in [5.74, 6) is 0. The van der Waals surface area contributed by atoms with Crippen molar-refractivity contribution in [1.29, 1.82) is 0 Å². The lowest BCUT2D eigenvalue weighted by Gasteiger charge is -2.22. The molecule has 1 aromatic rings. The van der Waals surface area contributed by atoms with Gasteiger partial charge in [0, 0.05) is 26.3 Å². The minimum Gasteiger partial charge on any atom is -0.388 e. The summed E-state index contributed by atoms with van der Waals surface area (Å²) in [6.07, 6.45) is 9.27. The van der Waals surface area contributed by atoms with Gasteiger partial charge in [0.1, 0.15) is 0 Å². The highest BCUT2D eigenvalue weighted by Gasteiger charge is 2.31. The smallest absolute Gasteiger partial charge is 0.314 e. The summed E-state index contributed by atoms with van der Waals surface area (Å²) in [5.41, 5.74) is 0.488. The minimum absolute atomic E-state index is 0.198. The van der Waals surface area contributed by atoms with Crippen LogP contribution in [0.4, 0.5) is 4.79 Å². The Bertz CT molecular complexity index is 438. The van der Waals surface area contributed by atoms with Crippen molar-refractivity contribution in [3.05, 3.63) is 18.0 Å². The van der Waals surface area contributed by atoms with E-state index in [1.807, 2.05) is 19.4 Å². The van der Waals surface area contributed by atoms with Crippen molar-refractivity contribution in [1.82, 2.24) is 20.4 Å². The molecule has 1 aliphatic carbocycles. The highest BCUT2D eigenvalue weighted by Crippen LogP contribution is 2.28. The lowest BCUT2D eigenvalue weighted by atomic mass is 10.0. The number of aryl methyl sites for hydroxylation is 2. The fourth-order valence-corrected chi connectivity index (χ4v) is 2.61. The van der Waals surface area contributed by atoms with Crippen molar-refractivity contribution in [2.75, 3.05) is 13.1 Å². The molecule has 0 spiro atoms. The lowest BCUT2D eigenvalue weighted by molar-refractivity contribution is 0.0501. The number of hydrogen-bond acceptors (Lipinski definition) is 3. The van der Waals surface area contributed by atoms with Crippen molar-refractivity contribution < 1.29 is 9.90 Å². The van der Waals surface area contributed by atoms with Gasteiger partial charge in [-0.05, 0) is 31.2 Å². The molecule has 2 rings (SSSR count). The van der Waals surface area contributed by atoms with Gasteiger partial charge >= 0.3 is 6.03 Å². The number of aliphatic hydroxyl groups is 1. The van der Waals surface area contributed by atoms with Crippen LogP contribution >= 0.6 is 0 Å². The van der Waals surface area contributed by atoms with Crippen molar-refractivity contribution in [3.63, 3.8) is 0 Å². The van der Waals surface area contributed by atoms with Gasteiger partial charge in [-0.15, -0.1) is 0 Å². The molecule has 0 aliphatic heterocycles. The van der Waals surface area contributed by atoms with Gasteiger partial charge in [-0.25, -0.2) is 4.79 Å². The van der Waals surface area contributed by atoms with Crippen LogP contribution in [-0.2, 0) is 13.5 Å². The molecule has 0 unspecified atom stereocenters. The molecule has 1 heterocycles. The quantitative estimate of drug-likeness (QED) is 0.679. The standard InChI is InChI=1S/C14H24N4O2/c1-18-10-12(9-17-18)5-4-8-15-13(19)16-11-14(20)6-2-3-7-14/h9-10,20H,2-8,11H2,1H3,(H2,15,16,19). The number of hydrogen-bond donors (Lipinski definition) is 3. The fraction of sp³-hybridized carbons (Fsp3) is 0.714. The molecule has 0 saturated heterocycles. The van der Waals surface area contributed by atoms with Crippen LogP contribution in [0, 0.1) is 0 Å². The zero-order chi connectivity index (χ0) is 14.4. The minimum atomic E-state index is -0.687. The van der Waals surface area contributed by atoms with Crippen LogP contribution in [0.2, 0.25) is 0 Å². The number of amides is 2. The molecule has 0 atom stereocenters. The fourth-order valence-electron chi connectivity index (χ4n) is 2.61. The van der Waals surface area contributed by atoms with Gasteiger partial charge < -0.3 is 15.7 Å². The maximum atomic E-state index is 11.6. The first-order valence-corrected chi connectivity index (χ1v) is 7.29. The van der Waals surface area contributed by atoms with Crippen molar-refractivity contribution >= 4 is 6.03 Å². The van der Waals surface area contributed by atoms with Gasteiger partial charge in [-0.2, -0.15) is 5.10 Å². The molecule has 112 valence electrons. The number of nitrogens with one attached hydrogen (secondary N) is 2. The van der Waals surface area contributed by atoms with E-state index in [1.165, 1.54) is 5.56 Å². The van der Waals surface area contributed by atoms with E-state index in [9.17, 15) is 9.90 Å². The number of carbonyl (C=O) groups excluding carboxylic acids is 1. The summed E-state index contributed by atoms with van der Waals surface area (Å²) in [7, 11) is 1.89. The van der Waals surface area contributed by atoms with Crippen molar-refractivity contribution in [2.24, 2.45) is 7.05 Å². The third kappa shape index (κ3) is 4.52. The van der Waals surface area contributed by atoms with Crippen LogP contribution in [0.3, 0.4) is 0 Å². The second kappa shape index (κ2) is 6.74. The van der Waals surface area contributed by atoms with E-state index >= 15 is 0 Å². The Labute approximate surface area is 119 Å². The number of nitrogens with zero attached hydrogens (tertiary/aromatic N) is 2. The predicted molar refractivity (Wildman–Crippen MR) is 76.3 cm³/mol. The van der Waals surface area contributed by atoms with Gasteiger partial charge in [0.05, 0.1) is 11.8 Å². The van der Waals surface area contributed by atoms with Gasteiger partial charge in [-0.1, -0.05) is 12.8 Å². The first-order chi connectivity index (χ1) is 9.57. The molecule has 1 aliphatic rings. The summed E-state index contributed by atoms with van der Waals surface area (Å²) >= 11 is 0. The van der Waals surface area contributed by atoms with E-state index < -0.39 is 5.60 Å². The summed E-state index contributed by atoms with van der Waals surface area (Å²) in [6.45, 7) is 0.973. The van der Waals surface area contributed by atoms with Crippen LogP contribution in [-0.4, -0.2) is 39.6 Å². The Morgan fingerprint density at radius 2 is 2.20 bits per heavy atom. The van der Waals surface area contributed by atoms with E-state index in [-0.39, 0.29) is 6.03 Å². The Morgan fingerprint density at radius 3 is 2.85 bits per heavy atom. The van der Waals surface area contributed by atoms with Crippen molar-refractivity contribution in [2.45, 2.75) is 44.1 Å². The molecule has 0 aromatic carbocycles. The maximum absolute atomic E-state index is 11.6. The monoisotopic (exact) mass is 280 g/mol. The molecule has 0 radical (unpaired) electrons. The van der Waals surface area contributed by atoms with E-state index in [1.54, 1.807) is 4.68 Å². The molecule has 6 heteroatoms. The third-order valence-electron chi connectivity index (χ3n) is 3.80. The molecule has 1 fully saturated rings. The lowest BCUT2D eigenvalue weighted by Crippen LogP contribution is -2.45. The first kappa shape index (κ1) is 14.8. The van der Waals surface area contributed by atoms with E-state index in [4.69, 9.17) is 0 Å². The Hall–Kier alpha value is -1.56. The number of rotatable bonds is 6. The largest absolute Gasteiger partial charge is 0.388 e. The predicted octanol–water partition coefficient (Wildman–Crippen LogP) is 0.957. The zero-order valence-corrected chi connectivity index (χ0v) is 12.1. The Morgan fingerprint density at radius 1 is 1.45 bits per heavy atom. The molecule has 6 nitrogen and oxygen atoms in total. The topological polar surface area (TPSA) is 79.2 Å². The summed E-state index contributed by atoms with van der Waals surface area (Å²) in [6, 6.07) is -0.198. The van der Waals surface area contributed by atoms with Crippen LogP contribution in [0.1, 0.15) is 37.7 Å². The maximum Gasteiger partial charge on any atom is 0.314 e. The number of carbonyl (C=O) groups is 1. The van der Waals surface area contributed by atoms with Gasteiger partial charge in [0.25, 0.3) is 0 Å².